The van der Waals surface area contributed by atoms with E-state index in [-0.39, 0.29) is 37.7 Å². The monoisotopic (exact) mass is 625 g/mol. The first-order valence-electron chi connectivity index (χ1n) is 18.6. The van der Waals surface area contributed by atoms with Gasteiger partial charge in [-0.1, -0.05) is 142 Å². The van der Waals surface area contributed by atoms with Crippen LogP contribution >= 0.6 is 0 Å². The number of hydrogen-bond donors (Lipinski definition) is 0. The zero-order valence-electron chi connectivity index (χ0n) is 29.6. The van der Waals surface area contributed by atoms with Gasteiger partial charge in [-0.25, -0.2) is 0 Å². The van der Waals surface area contributed by atoms with Gasteiger partial charge in [0.05, 0.1) is 6.54 Å². The minimum Gasteiger partial charge on any atom is -0.464 e. The molecule has 0 radical (unpaired) electrons. The molecule has 0 saturated heterocycles. The van der Waals surface area contributed by atoms with Crippen LogP contribution in [0.2, 0.25) is 0 Å². The van der Waals surface area contributed by atoms with Crippen LogP contribution in [-0.4, -0.2) is 68.2 Å². The van der Waals surface area contributed by atoms with E-state index in [2.05, 4.69) is 13.8 Å². The fourth-order valence-electron chi connectivity index (χ4n) is 5.40. The van der Waals surface area contributed by atoms with Gasteiger partial charge in [0, 0.05) is 19.3 Å². The fourth-order valence-corrected chi connectivity index (χ4v) is 5.40. The molecule has 7 nitrogen and oxygen atoms in total. The van der Waals surface area contributed by atoms with Crippen molar-refractivity contribution < 1.29 is 23.9 Å². The van der Waals surface area contributed by atoms with Gasteiger partial charge < -0.3 is 19.3 Å². The standard InChI is InChI=1S/C37H72N2O5/c1-5-7-9-11-13-15-17-19-21-23-25-29-36(41)43-33-32-39(35(40)28-27-31-38(3)4)34-44-37(42)30-26-24-22-20-18-16-14-12-10-8-6-2/h5-34H2,1-4H3. The first kappa shape index (κ1) is 42.4. The summed E-state index contributed by atoms with van der Waals surface area (Å²) in [5.41, 5.74) is 0. The highest BCUT2D eigenvalue weighted by atomic mass is 16.5. The maximum atomic E-state index is 12.8. The summed E-state index contributed by atoms with van der Waals surface area (Å²) in [6, 6.07) is 0. The summed E-state index contributed by atoms with van der Waals surface area (Å²) in [6.07, 6.45) is 29.1. The molecule has 0 atom stereocenters. The smallest absolute Gasteiger partial charge is 0.307 e. The van der Waals surface area contributed by atoms with Crippen molar-refractivity contribution in [2.24, 2.45) is 0 Å². The Hall–Kier alpha value is -1.63. The molecular formula is C37H72N2O5. The molecule has 0 heterocycles. The molecule has 44 heavy (non-hydrogen) atoms. The summed E-state index contributed by atoms with van der Waals surface area (Å²) in [4.78, 5) is 41.0. The highest BCUT2D eigenvalue weighted by Gasteiger charge is 2.16. The third-order valence-corrected chi connectivity index (χ3v) is 8.32. The van der Waals surface area contributed by atoms with Gasteiger partial charge >= 0.3 is 11.9 Å². The molecule has 0 spiro atoms. The Labute approximate surface area is 272 Å². The van der Waals surface area contributed by atoms with E-state index in [0.29, 0.717) is 19.3 Å². The van der Waals surface area contributed by atoms with Crippen molar-refractivity contribution in [3.63, 3.8) is 0 Å². The molecule has 0 bridgehead atoms. The average molecular weight is 625 g/mol. The van der Waals surface area contributed by atoms with Crippen LogP contribution in [0.1, 0.15) is 181 Å². The molecule has 0 aromatic heterocycles. The van der Waals surface area contributed by atoms with E-state index in [1.165, 1.54) is 114 Å². The van der Waals surface area contributed by atoms with Crippen molar-refractivity contribution in [2.75, 3.05) is 40.5 Å². The Morgan fingerprint density at radius 3 is 1.25 bits per heavy atom. The number of carbonyl (C=O) groups excluding carboxylic acids is 3. The summed E-state index contributed by atoms with van der Waals surface area (Å²) in [5.74, 6) is -0.550. The molecule has 0 aliphatic carbocycles. The van der Waals surface area contributed by atoms with E-state index in [1.807, 2.05) is 19.0 Å². The second kappa shape index (κ2) is 32.8. The lowest BCUT2D eigenvalue weighted by molar-refractivity contribution is -0.156. The quantitative estimate of drug-likeness (QED) is 0.0411. The third-order valence-electron chi connectivity index (χ3n) is 8.32. The summed E-state index contributed by atoms with van der Waals surface area (Å²) < 4.78 is 10.9. The molecule has 0 fully saturated rings. The fraction of sp³-hybridized carbons (Fsp3) is 0.919. The zero-order chi connectivity index (χ0) is 32.5. The van der Waals surface area contributed by atoms with Crippen LogP contribution in [0.3, 0.4) is 0 Å². The van der Waals surface area contributed by atoms with Crippen LogP contribution in [0.25, 0.3) is 0 Å². The van der Waals surface area contributed by atoms with Crippen LogP contribution < -0.4 is 0 Å². The van der Waals surface area contributed by atoms with Gasteiger partial charge in [0.15, 0.2) is 6.73 Å². The van der Waals surface area contributed by atoms with Crippen LogP contribution in [0.15, 0.2) is 0 Å². The molecule has 7 heteroatoms. The average Bonchev–Trinajstić information content (AvgIpc) is 3.00. The summed E-state index contributed by atoms with van der Waals surface area (Å²) in [5, 5.41) is 0. The molecule has 0 rings (SSSR count). The second-order valence-corrected chi connectivity index (χ2v) is 13.0. The normalized spacial score (nSPS) is 11.2. The third kappa shape index (κ3) is 30.4. The molecular weight excluding hydrogens is 552 g/mol. The van der Waals surface area contributed by atoms with E-state index < -0.39 is 0 Å². The van der Waals surface area contributed by atoms with E-state index in [4.69, 9.17) is 9.47 Å². The van der Waals surface area contributed by atoms with Gasteiger partial charge in [-0.3, -0.25) is 14.4 Å². The topological polar surface area (TPSA) is 76.1 Å². The molecule has 260 valence electrons. The minimum atomic E-state index is -0.263. The van der Waals surface area contributed by atoms with Crippen molar-refractivity contribution in [3.05, 3.63) is 0 Å². The first-order valence-corrected chi connectivity index (χ1v) is 18.6. The Balaban J connectivity index is 4.13. The first-order chi connectivity index (χ1) is 21.4. The number of hydrogen-bond acceptors (Lipinski definition) is 6. The summed E-state index contributed by atoms with van der Waals surface area (Å²) in [6.45, 7) is 5.61. The van der Waals surface area contributed by atoms with Crippen molar-refractivity contribution in [1.29, 1.82) is 0 Å². The number of unbranched alkanes of at least 4 members (excludes halogenated alkanes) is 20. The Morgan fingerprint density at radius 2 is 0.841 bits per heavy atom. The Kier molecular flexibility index (Phi) is 31.5. The number of nitrogens with zero attached hydrogens (tertiary/aromatic N) is 2. The number of ether oxygens (including phenoxy) is 2. The van der Waals surface area contributed by atoms with E-state index in [0.717, 1.165) is 45.1 Å². The summed E-state index contributed by atoms with van der Waals surface area (Å²) >= 11 is 0. The molecule has 0 aliphatic rings. The highest BCUT2D eigenvalue weighted by molar-refractivity contribution is 5.76. The van der Waals surface area contributed by atoms with E-state index >= 15 is 0 Å². The lowest BCUT2D eigenvalue weighted by Gasteiger charge is -2.22. The molecule has 0 aromatic carbocycles. The van der Waals surface area contributed by atoms with Gasteiger partial charge in [-0.15, -0.1) is 0 Å². The lowest BCUT2D eigenvalue weighted by Crippen LogP contribution is -2.37. The zero-order valence-corrected chi connectivity index (χ0v) is 29.6. The van der Waals surface area contributed by atoms with Gasteiger partial charge in [0.25, 0.3) is 0 Å². The maximum absolute atomic E-state index is 12.8. The predicted molar refractivity (Wildman–Crippen MR) is 184 cm³/mol. The molecule has 0 saturated carbocycles. The molecule has 0 aromatic rings. The molecule has 0 aliphatic heterocycles. The molecule has 0 N–H and O–H groups in total. The van der Waals surface area contributed by atoms with Gasteiger partial charge in [-0.05, 0) is 39.9 Å². The Bertz CT molecular complexity index is 670. The van der Waals surface area contributed by atoms with Crippen molar-refractivity contribution in [1.82, 2.24) is 9.80 Å². The van der Waals surface area contributed by atoms with E-state index in [9.17, 15) is 14.4 Å². The van der Waals surface area contributed by atoms with Crippen molar-refractivity contribution in [2.45, 2.75) is 181 Å². The maximum Gasteiger partial charge on any atom is 0.307 e. The second-order valence-electron chi connectivity index (χ2n) is 13.0. The van der Waals surface area contributed by atoms with Gasteiger partial charge in [-0.2, -0.15) is 0 Å². The van der Waals surface area contributed by atoms with Crippen molar-refractivity contribution >= 4 is 17.8 Å². The van der Waals surface area contributed by atoms with Crippen LogP contribution in [-0.2, 0) is 23.9 Å². The van der Waals surface area contributed by atoms with Crippen LogP contribution in [0.5, 0.6) is 0 Å². The Morgan fingerprint density at radius 1 is 0.455 bits per heavy atom. The number of rotatable bonds is 33. The largest absolute Gasteiger partial charge is 0.464 e. The van der Waals surface area contributed by atoms with Crippen LogP contribution in [0.4, 0.5) is 0 Å². The van der Waals surface area contributed by atoms with Crippen molar-refractivity contribution in [3.8, 4) is 0 Å². The molecule has 0 unspecified atom stereocenters. The van der Waals surface area contributed by atoms with Gasteiger partial charge in [0.2, 0.25) is 5.91 Å². The van der Waals surface area contributed by atoms with Crippen LogP contribution in [0, 0.1) is 0 Å². The van der Waals surface area contributed by atoms with E-state index in [1.54, 1.807) is 0 Å². The predicted octanol–water partition coefficient (Wildman–Crippen LogP) is 9.60. The number of carbonyl (C=O) groups is 3. The number of esters is 2. The highest BCUT2D eigenvalue weighted by Crippen LogP contribution is 2.14. The SMILES string of the molecule is CCCCCCCCCCCCCC(=O)OCCN(COC(=O)CCCCCCCCCCCCC)C(=O)CCCN(C)C. The molecule has 1 amide bonds. The summed E-state index contributed by atoms with van der Waals surface area (Å²) in [7, 11) is 3.96. The lowest BCUT2D eigenvalue weighted by atomic mass is 10.1. The minimum absolute atomic E-state index is 0.0734. The van der Waals surface area contributed by atoms with Gasteiger partial charge in [0.1, 0.15) is 6.61 Å². The number of amides is 1.